The number of hydrogen-bond acceptors (Lipinski definition) is 4. The van der Waals surface area contributed by atoms with Gasteiger partial charge in [-0.2, -0.15) is 0 Å². The van der Waals surface area contributed by atoms with Crippen molar-refractivity contribution in [2.75, 3.05) is 12.4 Å². The molecule has 3 aromatic carbocycles. The monoisotopic (exact) mass is 482 g/mol. The molecule has 0 spiro atoms. The molecule has 0 aliphatic carbocycles. The fourth-order valence-electron chi connectivity index (χ4n) is 2.62. The van der Waals surface area contributed by atoms with Crippen molar-refractivity contribution in [2.24, 2.45) is 0 Å². The van der Waals surface area contributed by atoms with E-state index in [1.807, 2.05) is 0 Å². The highest BCUT2D eigenvalue weighted by Gasteiger charge is 2.20. The number of sulfonamides is 1. The predicted molar refractivity (Wildman–Crippen MR) is 118 cm³/mol. The molecule has 2 N–H and O–H groups in total. The van der Waals surface area contributed by atoms with E-state index in [1.54, 1.807) is 24.3 Å². The van der Waals surface area contributed by atoms with Gasteiger partial charge in [0.25, 0.3) is 5.91 Å². The molecule has 6 nitrogen and oxygen atoms in total. The molecule has 0 saturated heterocycles. The maximum Gasteiger partial charge on any atom is 0.258 e. The molecule has 3 rings (SSSR count). The number of carbonyl (C=O) groups excluding carboxylic acids is 1. The minimum absolute atomic E-state index is 0.00844. The molecule has 0 saturated carbocycles. The summed E-state index contributed by atoms with van der Waals surface area (Å²) < 4.78 is 47.0. The number of rotatable bonds is 7. The van der Waals surface area contributed by atoms with Gasteiger partial charge in [0.2, 0.25) is 10.0 Å². The van der Waals surface area contributed by atoms with E-state index < -0.39 is 27.3 Å². The van der Waals surface area contributed by atoms with Crippen molar-refractivity contribution in [1.29, 1.82) is 0 Å². The average Bonchev–Trinajstić information content (AvgIpc) is 2.75. The second-order valence-electron chi connectivity index (χ2n) is 6.40. The number of halogens is 3. The number of anilines is 1. The summed E-state index contributed by atoms with van der Waals surface area (Å²) >= 11 is 11.7. The predicted octanol–water partition coefficient (Wildman–Crippen LogP) is 4.87. The van der Waals surface area contributed by atoms with Crippen molar-refractivity contribution in [3.63, 3.8) is 0 Å². The standard InChI is InChI=1S/C21H17Cl2FN2O4S/c1-30-15-5-2-13(3-6-15)12-25-31(28,29)16-7-9-20(24)17(11-16)21(27)26-14-4-8-18(22)19(23)10-14/h2-11,25H,12H2,1H3,(H,26,27). The van der Waals surface area contributed by atoms with Gasteiger partial charge in [-0.1, -0.05) is 35.3 Å². The molecule has 0 heterocycles. The molecule has 0 bridgehead atoms. The molecule has 10 heteroatoms. The highest BCUT2D eigenvalue weighted by molar-refractivity contribution is 7.89. The second kappa shape index (κ2) is 9.65. The third-order valence-corrected chi connectivity index (χ3v) is 6.43. The van der Waals surface area contributed by atoms with Crippen molar-refractivity contribution in [3.05, 3.63) is 87.7 Å². The van der Waals surface area contributed by atoms with Crippen LogP contribution in [0.5, 0.6) is 5.75 Å². The van der Waals surface area contributed by atoms with Crippen molar-refractivity contribution in [1.82, 2.24) is 4.72 Å². The Labute approximate surface area is 189 Å². The zero-order valence-electron chi connectivity index (χ0n) is 16.2. The quantitative estimate of drug-likeness (QED) is 0.502. The van der Waals surface area contributed by atoms with Crippen LogP contribution < -0.4 is 14.8 Å². The first-order chi connectivity index (χ1) is 14.7. The van der Waals surface area contributed by atoms with Crippen LogP contribution in [-0.2, 0) is 16.6 Å². The summed E-state index contributed by atoms with van der Waals surface area (Å²) in [5, 5.41) is 2.97. The van der Waals surface area contributed by atoms with Crippen LogP contribution in [0.3, 0.4) is 0 Å². The van der Waals surface area contributed by atoms with Crippen LogP contribution in [0.4, 0.5) is 10.1 Å². The lowest BCUT2D eigenvalue weighted by Gasteiger charge is -2.11. The molecule has 31 heavy (non-hydrogen) atoms. The smallest absolute Gasteiger partial charge is 0.258 e. The lowest BCUT2D eigenvalue weighted by atomic mass is 10.2. The first-order valence-electron chi connectivity index (χ1n) is 8.88. The number of nitrogens with one attached hydrogen (secondary N) is 2. The zero-order chi connectivity index (χ0) is 22.6. The van der Waals surface area contributed by atoms with Crippen molar-refractivity contribution >= 4 is 44.8 Å². The molecule has 1 amide bonds. The third kappa shape index (κ3) is 5.74. The summed E-state index contributed by atoms with van der Waals surface area (Å²) in [5.41, 5.74) is 0.548. The van der Waals surface area contributed by atoms with Gasteiger partial charge < -0.3 is 10.1 Å². The van der Waals surface area contributed by atoms with Crippen LogP contribution >= 0.6 is 23.2 Å². The Morgan fingerprint density at radius 3 is 2.35 bits per heavy atom. The molecule has 162 valence electrons. The summed E-state index contributed by atoms with van der Waals surface area (Å²) in [4.78, 5) is 12.2. The Kier molecular flexibility index (Phi) is 7.17. The largest absolute Gasteiger partial charge is 0.497 e. The number of carbonyl (C=O) groups is 1. The number of amides is 1. The Hall–Kier alpha value is -2.65. The number of hydrogen-bond donors (Lipinski definition) is 2. The first kappa shape index (κ1) is 23.0. The SMILES string of the molecule is COc1ccc(CNS(=O)(=O)c2ccc(F)c(C(=O)Nc3ccc(Cl)c(Cl)c3)c2)cc1. The van der Waals surface area contributed by atoms with E-state index in [9.17, 15) is 17.6 Å². The Morgan fingerprint density at radius 2 is 1.71 bits per heavy atom. The topological polar surface area (TPSA) is 84.5 Å². The van der Waals surface area contributed by atoms with E-state index in [0.717, 1.165) is 18.2 Å². The Balaban J connectivity index is 1.77. The maximum atomic E-state index is 14.2. The maximum absolute atomic E-state index is 14.2. The number of ether oxygens (including phenoxy) is 1. The van der Waals surface area contributed by atoms with Crippen LogP contribution in [0.1, 0.15) is 15.9 Å². The van der Waals surface area contributed by atoms with Crippen LogP contribution in [0.2, 0.25) is 10.0 Å². The van der Waals surface area contributed by atoms with E-state index in [2.05, 4.69) is 10.0 Å². The summed E-state index contributed by atoms with van der Waals surface area (Å²) in [6.45, 7) is 0.00844. The molecule has 0 aliphatic rings. The fourth-order valence-corrected chi connectivity index (χ4v) is 3.96. The molecule has 0 aromatic heterocycles. The fraction of sp³-hybridized carbons (Fsp3) is 0.0952. The van der Waals surface area contributed by atoms with Crippen LogP contribution in [0, 0.1) is 5.82 Å². The van der Waals surface area contributed by atoms with Crippen molar-refractivity contribution in [2.45, 2.75) is 11.4 Å². The third-order valence-electron chi connectivity index (χ3n) is 4.30. The second-order valence-corrected chi connectivity index (χ2v) is 8.98. The van der Waals surface area contributed by atoms with Gasteiger partial charge in [0, 0.05) is 12.2 Å². The molecular formula is C21H17Cl2FN2O4S. The van der Waals surface area contributed by atoms with Gasteiger partial charge in [-0.05, 0) is 54.1 Å². The van der Waals surface area contributed by atoms with Gasteiger partial charge in [-0.25, -0.2) is 17.5 Å². The van der Waals surface area contributed by atoms with Crippen LogP contribution in [-0.4, -0.2) is 21.4 Å². The van der Waals surface area contributed by atoms with E-state index in [-0.39, 0.29) is 22.2 Å². The van der Waals surface area contributed by atoms with Gasteiger partial charge in [-0.15, -0.1) is 0 Å². The normalized spacial score (nSPS) is 11.2. The summed E-state index contributed by atoms with van der Waals surface area (Å²) in [6.07, 6.45) is 0. The van der Waals surface area contributed by atoms with E-state index in [0.29, 0.717) is 16.3 Å². The summed E-state index contributed by atoms with van der Waals surface area (Å²) in [6, 6.07) is 14.2. The van der Waals surface area contributed by atoms with Gasteiger partial charge in [0.1, 0.15) is 11.6 Å². The molecule has 3 aromatic rings. The first-order valence-corrected chi connectivity index (χ1v) is 11.1. The molecule has 0 fully saturated rings. The average molecular weight is 483 g/mol. The molecule has 0 atom stereocenters. The van der Waals surface area contributed by atoms with Gasteiger partial charge in [0.15, 0.2) is 0 Å². The number of benzene rings is 3. The number of methoxy groups -OCH3 is 1. The molecule has 0 unspecified atom stereocenters. The van der Waals surface area contributed by atoms with Crippen LogP contribution in [0.15, 0.2) is 65.6 Å². The highest BCUT2D eigenvalue weighted by atomic mass is 35.5. The molecule has 0 aliphatic heterocycles. The van der Waals surface area contributed by atoms with Gasteiger partial charge >= 0.3 is 0 Å². The van der Waals surface area contributed by atoms with Gasteiger partial charge in [-0.3, -0.25) is 4.79 Å². The van der Waals surface area contributed by atoms with Crippen molar-refractivity contribution < 1.29 is 22.3 Å². The summed E-state index contributed by atoms with van der Waals surface area (Å²) in [5.74, 6) is -1.06. The highest BCUT2D eigenvalue weighted by Crippen LogP contribution is 2.26. The minimum atomic E-state index is -4.00. The van der Waals surface area contributed by atoms with Crippen molar-refractivity contribution in [3.8, 4) is 5.75 Å². The minimum Gasteiger partial charge on any atom is -0.497 e. The lowest BCUT2D eigenvalue weighted by molar-refractivity contribution is 0.102. The van der Waals surface area contributed by atoms with E-state index in [1.165, 1.54) is 25.3 Å². The Bertz CT molecular complexity index is 1220. The lowest BCUT2D eigenvalue weighted by Crippen LogP contribution is -2.24. The summed E-state index contributed by atoms with van der Waals surface area (Å²) in [7, 11) is -2.47. The molecule has 0 radical (unpaired) electrons. The Morgan fingerprint density at radius 1 is 1.00 bits per heavy atom. The van der Waals surface area contributed by atoms with Crippen LogP contribution in [0.25, 0.3) is 0 Å². The van der Waals surface area contributed by atoms with E-state index in [4.69, 9.17) is 27.9 Å². The van der Waals surface area contributed by atoms with Gasteiger partial charge in [0.05, 0.1) is 27.6 Å². The van der Waals surface area contributed by atoms with E-state index >= 15 is 0 Å². The zero-order valence-corrected chi connectivity index (χ0v) is 18.5. The molecular weight excluding hydrogens is 466 g/mol.